The molecule has 0 saturated heterocycles. The zero-order valence-corrected chi connectivity index (χ0v) is 14.2. The van der Waals surface area contributed by atoms with Crippen molar-refractivity contribution in [2.75, 3.05) is 34.7 Å². The summed E-state index contributed by atoms with van der Waals surface area (Å²) in [6, 6.07) is 3.86. The number of rotatable bonds is 6. The van der Waals surface area contributed by atoms with Crippen LogP contribution in [0.25, 0.3) is 11.1 Å². The molecule has 1 heterocycles. The second kappa shape index (κ2) is 7.28. The van der Waals surface area contributed by atoms with Crippen molar-refractivity contribution in [1.29, 1.82) is 0 Å². The fourth-order valence-electron chi connectivity index (χ4n) is 2.66. The summed E-state index contributed by atoms with van der Waals surface area (Å²) in [6.45, 7) is 1.85. The number of aryl methyl sites for hydroxylation is 1. The van der Waals surface area contributed by atoms with E-state index in [4.69, 9.17) is 0 Å². The molecule has 0 bridgehead atoms. The van der Waals surface area contributed by atoms with E-state index in [0.29, 0.717) is 0 Å². The van der Waals surface area contributed by atoms with Gasteiger partial charge in [0.1, 0.15) is 14.1 Å². The Kier molecular flexibility index (Phi) is 5.39. The Balaban J connectivity index is 2.43. The lowest BCUT2D eigenvalue weighted by Crippen LogP contribution is -2.15. The van der Waals surface area contributed by atoms with Gasteiger partial charge in [0.15, 0.2) is 12.4 Å². The van der Waals surface area contributed by atoms with Crippen LogP contribution in [-0.2, 0) is 6.54 Å². The van der Waals surface area contributed by atoms with E-state index in [0.717, 1.165) is 51.2 Å². The molecule has 2 aliphatic rings. The van der Waals surface area contributed by atoms with E-state index in [2.05, 4.69) is 9.47 Å². The Bertz CT molecular complexity index is 693. The van der Waals surface area contributed by atoms with E-state index in [-0.39, 0.29) is 0 Å². The molecule has 0 unspecified atom stereocenters. The molecule has 23 heavy (non-hydrogen) atoms. The van der Waals surface area contributed by atoms with Crippen molar-refractivity contribution >= 4 is 12.4 Å². The molecule has 0 aromatic rings. The standard InChI is InChI=1S/C17H24N4O2/c1-18(2)8-5-9-21-12-15(11-20(4)23)16-7-6-14(10-19(3)22)17(16)13-21/h6-7,10-13H,5,8-9H2,1-4H3/b19-10-,20-11-. The first-order valence-corrected chi connectivity index (χ1v) is 7.63. The summed E-state index contributed by atoms with van der Waals surface area (Å²) in [4.78, 5) is 2.14. The summed E-state index contributed by atoms with van der Waals surface area (Å²) in [6.07, 6.45) is 8.16. The molecule has 6 nitrogen and oxygen atoms in total. The lowest BCUT2D eigenvalue weighted by atomic mass is 10.0. The molecule has 0 atom stereocenters. The smallest absolute Gasteiger partial charge is 0.183 e. The summed E-state index contributed by atoms with van der Waals surface area (Å²) < 4.78 is 3.68. The van der Waals surface area contributed by atoms with Crippen molar-refractivity contribution in [3.63, 3.8) is 0 Å². The number of pyridine rings is 1. The van der Waals surface area contributed by atoms with Gasteiger partial charge < -0.3 is 19.9 Å². The van der Waals surface area contributed by atoms with Gasteiger partial charge in [-0.15, -0.1) is 0 Å². The monoisotopic (exact) mass is 316 g/mol. The molecule has 2 rings (SSSR count). The van der Waals surface area contributed by atoms with Crippen molar-refractivity contribution in [1.82, 2.24) is 9.47 Å². The molecule has 6 heteroatoms. The molecule has 0 radical (unpaired) electrons. The number of fused-ring (bicyclic) bond motifs is 1. The van der Waals surface area contributed by atoms with Gasteiger partial charge in [-0.05, 0) is 38.7 Å². The lowest BCUT2D eigenvalue weighted by molar-refractivity contribution is -0.416. The summed E-state index contributed by atoms with van der Waals surface area (Å²) in [5, 5.41) is 22.8. The molecule has 0 amide bonds. The highest BCUT2D eigenvalue weighted by Gasteiger charge is 2.16. The molecule has 0 spiro atoms. The van der Waals surface area contributed by atoms with Crippen LogP contribution < -0.4 is 0 Å². The first kappa shape index (κ1) is 17.0. The number of hydroxylamine groups is 2. The van der Waals surface area contributed by atoms with E-state index in [1.165, 1.54) is 14.1 Å². The normalized spacial score (nSPS) is 13.3. The van der Waals surface area contributed by atoms with Crippen LogP contribution in [0, 0.1) is 10.4 Å². The number of hydrogen-bond acceptors (Lipinski definition) is 3. The maximum Gasteiger partial charge on any atom is 0.183 e. The van der Waals surface area contributed by atoms with Crippen LogP contribution in [0.2, 0.25) is 0 Å². The fourth-order valence-corrected chi connectivity index (χ4v) is 2.66. The van der Waals surface area contributed by atoms with Crippen molar-refractivity contribution in [2.45, 2.75) is 13.0 Å². The second-order valence-corrected chi connectivity index (χ2v) is 6.07. The van der Waals surface area contributed by atoms with Gasteiger partial charge >= 0.3 is 0 Å². The number of nitrogens with zero attached hydrogens (tertiary/aromatic N) is 4. The average Bonchev–Trinajstić information content (AvgIpc) is 2.80. The zero-order valence-electron chi connectivity index (χ0n) is 14.2. The van der Waals surface area contributed by atoms with Gasteiger partial charge in [-0.2, -0.15) is 0 Å². The van der Waals surface area contributed by atoms with Gasteiger partial charge in [0.25, 0.3) is 0 Å². The van der Waals surface area contributed by atoms with Gasteiger partial charge in [0, 0.05) is 30.1 Å². The van der Waals surface area contributed by atoms with E-state index in [1.54, 1.807) is 12.4 Å². The van der Waals surface area contributed by atoms with Gasteiger partial charge in [-0.1, -0.05) is 6.07 Å². The summed E-state index contributed by atoms with van der Waals surface area (Å²) >= 11 is 0. The molecule has 0 aromatic carbocycles. The van der Waals surface area contributed by atoms with Crippen LogP contribution in [-0.4, -0.2) is 66.1 Å². The summed E-state index contributed by atoms with van der Waals surface area (Å²) in [5.74, 6) is 0. The van der Waals surface area contributed by atoms with Crippen LogP contribution in [0.3, 0.4) is 0 Å². The Morgan fingerprint density at radius 2 is 1.65 bits per heavy atom. The third-order valence-electron chi connectivity index (χ3n) is 3.60. The topological polar surface area (TPSA) is 60.3 Å². The van der Waals surface area contributed by atoms with Crippen molar-refractivity contribution < 1.29 is 9.48 Å². The molecular formula is C17H24N4O2. The second-order valence-electron chi connectivity index (χ2n) is 6.07. The molecule has 0 saturated carbocycles. The van der Waals surface area contributed by atoms with Crippen LogP contribution >= 0.6 is 0 Å². The SMILES string of the molecule is CN(C)CCCn1cc(/C=[N+](/C)[O-])c2ccc(/C=[N+](/C)[O-])c-2c1. The molecule has 0 fully saturated rings. The maximum atomic E-state index is 11.4. The minimum Gasteiger partial charge on any atom is -0.624 e. The van der Waals surface area contributed by atoms with Crippen LogP contribution in [0.4, 0.5) is 0 Å². The highest BCUT2D eigenvalue weighted by Crippen LogP contribution is 2.29. The highest BCUT2D eigenvalue weighted by atomic mass is 16.5. The van der Waals surface area contributed by atoms with E-state index in [9.17, 15) is 10.4 Å². The summed E-state index contributed by atoms with van der Waals surface area (Å²) in [5.41, 5.74) is 3.68. The third-order valence-corrected chi connectivity index (χ3v) is 3.60. The average molecular weight is 316 g/mol. The lowest BCUT2D eigenvalue weighted by Gasteiger charge is -2.14. The molecular weight excluding hydrogens is 292 g/mol. The molecule has 124 valence electrons. The predicted octanol–water partition coefficient (Wildman–Crippen LogP) is 1.66. The van der Waals surface area contributed by atoms with Gasteiger partial charge in [0.05, 0.1) is 5.56 Å². The Labute approximate surface area is 137 Å². The molecule has 0 aromatic heterocycles. The Morgan fingerprint density at radius 1 is 1.00 bits per heavy atom. The number of hydrogen-bond donors (Lipinski definition) is 0. The predicted molar refractivity (Wildman–Crippen MR) is 93.7 cm³/mol. The van der Waals surface area contributed by atoms with Crippen molar-refractivity contribution in [3.05, 3.63) is 46.1 Å². The van der Waals surface area contributed by atoms with E-state index < -0.39 is 0 Å². The van der Waals surface area contributed by atoms with Crippen LogP contribution in [0.15, 0.2) is 24.5 Å². The fraction of sp³-hybridized carbons (Fsp3) is 0.412. The third kappa shape index (κ3) is 4.56. The minimum atomic E-state index is 0.793. The molecule has 0 N–H and O–H groups in total. The van der Waals surface area contributed by atoms with E-state index >= 15 is 0 Å². The van der Waals surface area contributed by atoms with Gasteiger partial charge in [-0.25, -0.2) is 9.48 Å². The van der Waals surface area contributed by atoms with E-state index in [1.807, 2.05) is 38.6 Å². The van der Waals surface area contributed by atoms with Crippen molar-refractivity contribution in [2.24, 2.45) is 0 Å². The van der Waals surface area contributed by atoms with Crippen LogP contribution in [0.1, 0.15) is 17.5 Å². The van der Waals surface area contributed by atoms with Crippen molar-refractivity contribution in [3.8, 4) is 11.1 Å². The first-order valence-electron chi connectivity index (χ1n) is 7.63. The quantitative estimate of drug-likeness (QED) is 0.352. The molecule has 1 aliphatic carbocycles. The minimum absolute atomic E-state index is 0.793. The Hall–Kier alpha value is -2.34. The maximum absolute atomic E-state index is 11.4. The first-order chi connectivity index (χ1) is 10.9. The highest BCUT2D eigenvalue weighted by molar-refractivity contribution is 5.96. The molecule has 1 aliphatic heterocycles. The largest absolute Gasteiger partial charge is 0.624 e. The van der Waals surface area contributed by atoms with Gasteiger partial charge in [0.2, 0.25) is 0 Å². The summed E-state index contributed by atoms with van der Waals surface area (Å²) in [7, 11) is 7.03. The zero-order chi connectivity index (χ0) is 17.0. The van der Waals surface area contributed by atoms with Crippen LogP contribution in [0.5, 0.6) is 0 Å². The Morgan fingerprint density at radius 3 is 2.26 bits per heavy atom. The number of aromatic nitrogens is 1. The van der Waals surface area contributed by atoms with Gasteiger partial charge in [-0.3, -0.25) is 0 Å².